The zero-order valence-electron chi connectivity index (χ0n) is 16.4. The smallest absolute Gasteiger partial charge is 0.417 e. The number of hydrogen-bond acceptors (Lipinski definition) is 5. The summed E-state index contributed by atoms with van der Waals surface area (Å²) in [5.41, 5.74) is 0.121. The van der Waals surface area contributed by atoms with Gasteiger partial charge in [-0.05, 0) is 32.0 Å². The van der Waals surface area contributed by atoms with Gasteiger partial charge in [0, 0.05) is 37.4 Å². The normalized spacial score (nSPS) is 12.4. The van der Waals surface area contributed by atoms with Gasteiger partial charge in [-0.1, -0.05) is 0 Å². The maximum Gasteiger partial charge on any atom is 0.417 e. The van der Waals surface area contributed by atoms with Crippen LogP contribution in [0.2, 0.25) is 0 Å². The van der Waals surface area contributed by atoms with E-state index >= 15 is 0 Å². The molecule has 0 aliphatic carbocycles. The first-order chi connectivity index (χ1) is 14.3. The zero-order valence-corrected chi connectivity index (χ0v) is 16.4. The van der Waals surface area contributed by atoms with Gasteiger partial charge in [0.2, 0.25) is 5.88 Å². The Balaban J connectivity index is 1.71. The Labute approximate surface area is 171 Å². The summed E-state index contributed by atoms with van der Waals surface area (Å²) < 4.78 is 45.0. The summed E-state index contributed by atoms with van der Waals surface area (Å²) in [5, 5.41) is 4.15. The maximum atomic E-state index is 13.2. The van der Waals surface area contributed by atoms with Gasteiger partial charge in [-0.15, -0.1) is 0 Å². The molecule has 3 rings (SSSR count). The Morgan fingerprint density at radius 1 is 1.23 bits per heavy atom. The summed E-state index contributed by atoms with van der Waals surface area (Å²) >= 11 is 0. The predicted molar refractivity (Wildman–Crippen MR) is 102 cm³/mol. The Kier molecular flexibility index (Phi) is 6.34. The molecular formula is C20H20F3N5O2. The number of halogens is 3. The van der Waals surface area contributed by atoms with Crippen molar-refractivity contribution in [2.45, 2.75) is 26.1 Å². The molecule has 0 saturated carbocycles. The van der Waals surface area contributed by atoms with Gasteiger partial charge in [-0.25, -0.2) is 9.67 Å². The average Bonchev–Trinajstić information content (AvgIpc) is 3.27. The fourth-order valence-electron chi connectivity index (χ4n) is 2.90. The molecule has 1 amide bonds. The van der Waals surface area contributed by atoms with Crippen LogP contribution in [-0.2, 0) is 6.18 Å². The van der Waals surface area contributed by atoms with Crippen LogP contribution >= 0.6 is 0 Å². The maximum absolute atomic E-state index is 13.2. The van der Waals surface area contributed by atoms with E-state index in [0.29, 0.717) is 17.8 Å². The Bertz CT molecular complexity index is 975. The topological polar surface area (TPSA) is 73.1 Å². The number of nitrogens with zero attached hydrogens (tertiary/aromatic N) is 5. The predicted octanol–water partition coefficient (Wildman–Crippen LogP) is 3.61. The van der Waals surface area contributed by atoms with Crippen molar-refractivity contribution < 1.29 is 22.7 Å². The van der Waals surface area contributed by atoms with E-state index in [9.17, 15) is 18.0 Å². The molecule has 158 valence electrons. The van der Waals surface area contributed by atoms with Crippen molar-refractivity contribution in [1.82, 2.24) is 24.6 Å². The lowest BCUT2D eigenvalue weighted by Gasteiger charge is -2.28. The van der Waals surface area contributed by atoms with Crippen molar-refractivity contribution in [2.24, 2.45) is 0 Å². The third kappa shape index (κ3) is 4.76. The van der Waals surface area contributed by atoms with Crippen LogP contribution in [0.5, 0.6) is 5.88 Å². The first-order valence-corrected chi connectivity index (χ1v) is 9.22. The molecule has 0 N–H and O–H groups in total. The monoisotopic (exact) mass is 419 g/mol. The molecule has 0 fully saturated rings. The highest BCUT2D eigenvalue weighted by Crippen LogP contribution is 2.29. The van der Waals surface area contributed by atoms with Crippen LogP contribution < -0.4 is 4.74 Å². The second-order valence-electron chi connectivity index (χ2n) is 6.48. The molecule has 0 aliphatic heterocycles. The summed E-state index contributed by atoms with van der Waals surface area (Å²) in [6, 6.07) is 5.07. The molecule has 0 aromatic carbocycles. The van der Waals surface area contributed by atoms with E-state index < -0.39 is 11.7 Å². The van der Waals surface area contributed by atoms with Crippen LogP contribution in [0.4, 0.5) is 13.2 Å². The molecule has 30 heavy (non-hydrogen) atoms. The number of rotatable bonds is 7. The van der Waals surface area contributed by atoms with Crippen LogP contribution in [-0.4, -0.2) is 49.7 Å². The van der Waals surface area contributed by atoms with Crippen LogP contribution in [0.1, 0.15) is 29.8 Å². The molecule has 1 atom stereocenters. The molecule has 0 unspecified atom stereocenters. The van der Waals surface area contributed by atoms with Crippen molar-refractivity contribution in [1.29, 1.82) is 0 Å². The summed E-state index contributed by atoms with van der Waals surface area (Å²) in [7, 11) is 0. The number of hydrogen-bond donors (Lipinski definition) is 0. The van der Waals surface area contributed by atoms with E-state index in [2.05, 4.69) is 15.1 Å². The van der Waals surface area contributed by atoms with Crippen LogP contribution in [0, 0.1) is 0 Å². The molecule has 3 aromatic heterocycles. The lowest BCUT2D eigenvalue weighted by molar-refractivity contribution is -0.137. The standard InChI is InChI=1S/C20H20F3N5O2/c1-3-27(14(2)13-30-18-6-5-15(11-25-18)20(21,22)23)19(29)16-7-9-24-12-17(16)28-10-4-8-26-28/h4-12,14H,3,13H2,1-2H3/t14-/m0/s1. The Morgan fingerprint density at radius 2 is 2.03 bits per heavy atom. The van der Waals surface area contributed by atoms with E-state index in [1.54, 1.807) is 47.2 Å². The first kappa shape index (κ1) is 21.3. The summed E-state index contributed by atoms with van der Waals surface area (Å²) in [6.45, 7) is 4.10. The summed E-state index contributed by atoms with van der Waals surface area (Å²) in [5.74, 6) is -0.179. The third-order valence-electron chi connectivity index (χ3n) is 4.45. The molecule has 0 aliphatic rings. The van der Waals surface area contributed by atoms with Crippen molar-refractivity contribution in [2.75, 3.05) is 13.2 Å². The second-order valence-corrected chi connectivity index (χ2v) is 6.48. The zero-order chi connectivity index (χ0) is 21.7. The van der Waals surface area contributed by atoms with Gasteiger partial charge in [0.1, 0.15) is 6.61 Å². The van der Waals surface area contributed by atoms with Crippen LogP contribution in [0.3, 0.4) is 0 Å². The SMILES string of the molecule is CCN(C(=O)c1ccncc1-n1cccn1)[C@@H](C)COc1ccc(C(F)(F)F)cn1. The molecular weight excluding hydrogens is 399 g/mol. The molecule has 0 saturated heterocycles. The summed E-state index contributed by atoms with van der Waals surface area (Å²) in [4.78, 5) is 22.5. The Morgan fingerprint density at radius 3 is 2.63 bits per heavy atom. The lowest BCUT2D eigenvalue weighted by Crippen LogP contribution is -2.42. The minimum Gasteiger partial charge on any atom is -0.475 e. The summed E-state index contributed by atoms with van der Waals surface area (Å²) in [6.07, 6.45) is 2.67. The van der Waals surface area contributed by atoms with Gasteiger partial charge >= 0.3 is 6.18 Å². The van der Waals surface area contributed by atoms with Crippen LogP contribution in [0.25, 0.3) is 5.69 Å². The van der Waals surface area contributed by atoms with Gasteiger partial charge < -0.3 is 9.64 Å². The number of likely N-dealkylation sites (N-methyl/N-ethyl adjacent to an activating group) is 1. The highest BCUT2D eigenvalue weighted by molar-refractivity contribution is 5.97. The molecule has 3 heterocycles. The van der Waals surface area contributed by atoms with E-state index in [4.69, 9.17) is 4.74 Å². The number of carbonyl (C=O) groups is 1. The average molecular weight is 419 g/mol. The number of ether oxygens (including phenoxy) is 1. The van der Waals surface area contributed by atoms with E-state index in [1.165, 1.54) is 6.20 Å². The number of amides is 1. The lowest BCUT2D eigenvalue weighted by atomic mass is 10.1. The van der Waals surface area contributed by atoms with Crippen LogP contribution in [0.15, 0.2) is 55.2 Å². The van der Waals surface area contributed by atoms with Gasteiger partial charge in [0.25, 0.3) is 5.91 Å². The first-order valence-electron chi connectivity index (χ1n) is 9.22. The minimum absolute atomic E-state index is 0.0551. The molecule has 7 nitrogen and oxygen atoms in total. The molecule has 3 aromatic rings. The quantitative estimate of drug-likeness (QED) is 0.585. The number of carbonyl (C=O) groups excluding carboxylic acids is 1. The number of pyridine rings is 2. The van der Waals surface area contributed by atoms with Crippen molar-refractivity contribution in [3.8, 4) is 11.6 Å². The van der Waals surface area contributed by atoms with Crippen molar-refractivity contribution >= 4 is 5.91 Å². The van der Waals surface area contributed by atoms with E-state index in [1.807, 2.05) is 6.92 Å². The fraction of sp³-hybridized carbons (Fsp3) is 0.300. The van der Waals surface area contributed by atoms with Gasteiger partial charge in [0.05, 0.1) is 29.1 Å². The highest BCUT2D eigenvalue weighted by Gasteiger charge is 2.31. The van der Waals surface area contributed by atoms with Crippen molar-refractivity contribution in [3.63, 3.8) is 0 Å². The van der Waals surface area contributed by atoms with E-state index in [0.717, 1.165) is 18.3 Å². The Hall–Kier alpha value is -3.43. The second kappa shape index (κ2) is 8.93. The van der Waals surface area contributed by atoms with Gasteiger partial charge in [0.15, 0.2) is 0 Å². The molecule has 10 heteroatoms. The van der Waals surface area contributed by atoms with Crippen molar-refractivity contribution in [3.05, 3.63) is 66.4 Å². The molecule has 0 spiro atoms. The third-order valence-corrected chi connectivity index (χ3v) is 4.45. The molecule has 0 bridgehead atoms. The van der Waals surface area contributed by atoms with Gasteiger partial charge in [-0.2, -0.15) is 18.3 Å². The number of aromatic nitrogens is 4. The number of alkyl halides is 3. The highest BCUT2D eigenvalue weighted by atomic mass is 19.4. The minimum atomic E-state index is -4.46. The van der Waals surface area contributed by atoms with Gasteiger partial charge in [-0.3, -0.25) is 9.78 Å². The molecule has 0 radical (unpaired) electrons. The largest absolute Gasteiger partial charge is 0.475 e. The fourth-order valence-corrected chi connectivity index (χ4v) is 2.90. The van der Waals surface area contributed by atoms with E-state index in [-0.39, 0.29) is 24.4 Å².